The first kappa shape index (κ1) is 26.9. The molecule has 37 heavy (non-hydrogen) atoms. The molecule has 0 bridgehead atoms. The number of rotatable bonds is 2. The zero-order valence-electron chi connectivity index (χ0n) is 24.4. The van der Waals surface area contributed by atoms with E-state index in [1.807, 2.05) is 6.92 Å². The number of carbonyl (C=O) groups excluding carboxylic acids is 3. The summed E-state index contributed by atoms with van der Waals surface area (Å²) in [5.74, 6) is 1.06. The molecule has 0 heterocycles. The fourth-order valence-corrected chi connectivity index (χ4v) is 10.9. The number of fused-ring (bicyclic) bond motifs is 7. The minimum atomic E-state index is -0.592. The van der Waals surface area contributed by atoms with E-state index >= 15 is 0 Å². The van der Waals surface area contributed by atoms with Gasteiger partial charge in [-0.3, -0.25) is 14.4 Å². The van der Waals surface area contributed by atoms with Gasteiger partial charge in [0.05, 0.1) is 25.0 Å². The Morgan fingerprint density at radius 3 is 2.14 bits per heavy atom. The van der Waals surface area contributed by atoms with Crippen LogP contribution < -0.4 is 0 Å². The van der Waals surface area contributed by atoms with Crippen LogP contribution in [0.15, 0.2) is 11.6 Å². The van der Waals surface area contributed by atoms with E-state index in [9.17, 15) is 14.4 Å². The highest BCUT2D eigenvalue weighted by molar-refractivity contribution is 5.85. The quantitative estimate of drug-likeness (QED) is 0.305. The highest BCUT2D eigenvalue weighted by atomic mass is 16.5. The molecule has 0 saturated heterocycles. The van der Waals surface area contributed by atoms with Gasteiger partial charge in [-0.25, -0.2) is 0 Å². The smallest absolute Gasteiger partial charge is 0.312 e. The van der Waals surface area contributed by atoms with Gasteiger partial charge in [-0.15, -0.1) is 0 Å². The van der Waals surface area contributed by atoms with Gasteiger partial charge in [0.25, 0.3) is 0 Å². The summed E-state index contributed by atoms with van der Waals surface area (Å²) >= 11 is 0. The molecule has 5 aliphatic rings. The molecule has 0 unspecified atom stereocenters. The monoisotopic (exact) mass is 512 g/mol. The molecule has 0 aromatic rings. The summed E-state index contributed by atoms with van der Waals surface area (Å²) in [6, 6.07) is 0. The van der Waals surface area contributed by atoms with Crippen molar-refractivity contribution in [3.05, 3.63) is 11.6 Å². The molecule has 0 aromatic carbocycles. The molecule has 0 aromatic heterocycles. The number of methoxy groups -OCH3 is 2. The van der Waals surface area contributed by atoms with Crippen molar-refractivity contribution >= 4 is 17.7 Å². The van der Waals surface area contributed by atoms with Crippen LogP contribution in [0.2, 0.25) is 0 Å². The van der Waals surface area contributed by atoms with Gasteiger partial charge in [0.2, 0.25) is 0 Å². The molecule has 0 aliphatic heterocycles. The fraction of sp³-hybridized carbons (Fsp3) is 0.844. The first-order valence-electron chi connectivity index (χ1n) is 14.6. The molecule has 5 heteroatoms. The second kappa shape index (κ2) is 8.18. The van der Waals surface area contributed by atoms with Crippen LogP contribution in [0.3, 0.4) is 0 Å². The van der Waals surface area contributed by atoms with Crippen molar-refractivity contribution in [1.82, 2.24) is 0 Å². The summed E-state index contributed by atoms with van der Waals surface area (Å²) in [4.78, 5) is 39.4. The summed E-state index contributed by atoms with van der Waals surface area (Å²) in [7, 11) is 2.98. The summed E-state index contributed by atoms with van der Waals surface area (Å²) in [5, 5.41) is 0. The van der Waals surface area contributed by atoms with Gasteiger partial charge in [-0.05, 0) is 98.7 Å². The van der Waals surface area contributed by atoms with E-state index in [2.05, 4.69) is 40.7 Å². The Kier molecular flexibility index (Phi) is 5.95. The van der Waals surface area contributed by atoms with E-state index in [0.717, 1.165) is 38.5 Å². The third-order valence-corrected chi connectivity index (χ3v) is 13.4. The lowest BCUT2D eigenvalue weighted by molar-refractivity contribution is -0.192. The predicted molar refractivity (Wildman–Crippen MR) is 142 cm³/mol. The maximum atomic E-state index is 13.5. The Labute approximate surface area is 223 Å². The van der Waals surface area contributed by atoms with E-state index in [1.165, 1.54) is 19.8 Å². The number of hydrogen-bond acceptors (Lipinski definition) is 5. The minimum Gasteiger partial charge on any atom is -0.469 e. The second-order valence-corrected chi connectivity index (χ2v) is 14.9. The van der Waals surface area contributed by atoms with Crippen molar-refractivity contribution in [2.24, 2.45) is 50.2 Å². The van der Waals surface area contributed by atoms with Crippen molar-refractivity contribution in [3.8, 4) is 0 Å². The lowest BCUT2D eigenvalue weighted by Crippen LogP contribution is -2.65. The maximum Gasteiger partial charge on any atom is 0.312 e. The van der Waals surface area contributed by atoms with Crippen LogP contribution in [0.5, 0.6) is 0 Å². The molecule has 4 fully saturated rings. The highest BCUT2D eigenvalue weighted by Gasteiger charge is 2.70. The topological polar surface area (TPSA) is 69.7 Å². The Balaban J connectivity index is 1.61. The fourth-order valence-electron chi connectivity index (χ4n) is 10.9. The van der Waals surface area contributed by atoms with Crippen LogP contribution in [0, 0.1) is 50.2 Å². The molecule has 8 atom stereocenters. The van der Waals surface area contributed by atoms with E-state index in [0.29, 0.717) is 43.3 Å². The summed E-state index contributed by atoms with van der Waals surface area (Å²) < 4.78 is 10.7. The van der Waals surface area contributed by atoms with Crippen molar-refractivity contribution in [2.45, 2.75) is 106 Å². The second-order valence-electron chi connectivity index (χ2n) is 14.9. The van der Waals surface area contributed by atoms with Gasteiger partial charge in [0, 0.05) is 11.8 Å². The number of ketones is 1. The molecule has 206 valence electrons. The number of hydrogen-bond donors (Lipinski definition) is 0. The number of carbonyl (C=O) groups is 3. The average molecular weight is 513 g/mol. The first-order chi connectivity index (χ1) is 17.2. The predicted octanol–water partition coefficient (Wildman–Crippen LogP) is 6.68. The molecule has 4 saturated carbocycles. The molecule has 5 rings (SSSR count). The van der Waals surface area contributed by atoms with Crippen molar-refractivity contribution in [1.29, 1.82) is 0 Å². The third kappa shape index (κ3) is 3.24. The van der Waals surface area contributed by atoms with Crippen LogP contribution in [-0.2, 0) is 23.9 Å². The van der Waals surface area contributed by atoms with Crippen LogP contribution >= 0.6 is 0 Å². The summed E-state index contributed by atoms with van der Waals surface area (Å²) in [6.07, 6.45) is 11.1. The zero-order valence-corrected chi connectivity index (χ0v) is 24.4. The van der Waals surface area contributed by atoms with E-state index in [-0.39, 0.29) is 39.5 Å². The van der Waals surface area contributed by atoms with Crippen molar-refractivity contribution in [2.75, 3.05) is 14.2 Å². The highest BCUT2D eigenvalue weighted by Crippen LogP contribution is 2.75. The Morgan fingerprint density at radius 1 is 0.838 bits per heavy atom. The number of allylic oxidation sites excluding steroid dienone is 2. The van der Waals surface area contributed by atoms with Crippen LogP contribution in [0.25, 0.3) is 0 Å². The molecule has 0 N–H and O–H groups in total. The van der Waals surface area contributed by atoms with Crippen LogP contribution in [-0.4, -0.2) is 31.9 Å². The molecular formula is C32H48O5. The zero-order chi connectivity index (χ0) is 27.2. The normalized spacial score (nSPS) is 48.4. The molecule has 0 spiro atoms. The average Bonchev–Trinajstić information content (AvgIpc) is 2.86. The largest absolute Gasteiger partial charge is 0.469 e. The Bertz CT molecular complexity index is 1060. The lowest BCUT2D eigenvalue weighted by atomic mass is 9.33. The Morgan fingerprint density at radius 2 is 1.49 bits per heavy atom. The van der Waals surface area contributed by atoms with Crippen molar-refractivity contribution in [3.63, 3.8) is 0 Å². The van der Waals surface area contributed by atoms with E-state index in [4.69, 9.17) is 9.47 Å². The molecule has 0 radical (unpaired) electrons. The summed E-state index contributed by atoms with van der Waals surface area (Å²) in [6.45, 7) is 13.8. The van der Waals surface area contributed by atoms with Gasteiger partial charge in [-0.1, -0.05) is 46.3 Å². The summed E-state index contributed by atoms with van der Waals surface area (Å²) in [5.41, 5.74) is 0.136. The standard InChI is InChI=1S/C32H48O5/c1-27(2)22-11-14-31(6)23(29(22,4)13-12-24(27)33)10-9-20-21-19-28(3,25(34)36-7)15-17-32(21,26(35)37-8)18-16-30(20,31)5/h9,21-23H,10-19H2,1-8H3/t21-,22-,23+,28-,29-,30+,31+,32-/m0/s1. The third-order valence-electron chi connectivity index (χ3n) is 13.4. The van der Waals surface area contributed by atoms with E-state index in [1.54, 1.807) is 0 Å². The van der Waals surface area contributed by atoms with Gasteiger partial charge < -0.3 is 9.47 Å². The van der Waals surface area contributed by atoms with Gasteiger partial charge >= 0.3 is 11.9 Å². The number of ether oxygens (including phenoxy) is 2. The molecule has 5 nitrogen and oxygen atoms in total. The Hall–Kier alpha value is -1.65. The van der Waals surface area contributed by atoms with Gasteiger partial charge in [-0.2, -0.15) is 0 Å². The first-order valence-corrected chi connectivity index (χ1v) is 14.6. The molecule has 0 amide bonds. The van der Waals surface area contributed by atoms with Gasteiger partial charge in [0.15, 0.2) is 0 Å². The number of esters is 2. The molecule has 5 aliphatic carbocycles. The SMILES string of the molecule is COC(=O)[C@@]1(C)CC[C@]2(C(=O)OC)CC[C@]3(C)C(=CC[C@@H]4[C@@]5(C)CCC(=O)C(C)(C)[C@@H]5CC[C@]43C)[C@@H]2C1. The lowest BCUT2D eigenvalue weighted by Gasteiger charge is -2.70. The van der Waals surface area contributed by atoms with E-state index < -0.39 is 10.8 Å². The molecular weight excluding hydrogens is 464 g/mol. The number of Topliss-reactive ketones (excluding diaryl/α,β-unsaturated/α-hetero) is 1. The van der Waals surface area contributed by atoms with Crippen molar-refractivity contribution < 1.29 is 23.9 Å². The van der Waals surface area contributed by atoms with Crippen LogP contribution in [0.1, 0.15) is 106 Å². The van der Waals surface area contributed by atoms with Gasteiger partial charge in [0.1, 0.15) is 5.78 Å². The maximum absolute atomic E-state index is 13.5. The minimum absolute atomic E-state index is 0.00997. The van der Waals surface area contributed by atoms with Crippen LogP contribution in [0.4, 0.5) is 0 Å².